The van der Waals surface area contributed by atoms with Crippen LogP contribution >= 0.6 is 0 Å². The number of anilines is 3. The Kier molecular flexibility index (Phi) is 7.10. The van der Waals surface area contributed by atoms with Crippen molar-refractivity contribution in [3.63, 3.8) is 0 Å². The summed E-state index contributed by atoms with van der Waals surface area (Å²) in [4.78, 5) is 31.6. The minimum absolute atomic E-state index is 0.166. The molecule has 35 heavy (non-hydrogen) atoms. The van der Waals surface area contributed by atoms with Crippen molar-refractivity contribution in [1.29, 1.82) is 0 Å². The molecule has 4 heterocycles. The number of alkyl halides is 3. The Morgan fingerprint density at radius 3 is 2.63 bits per heavy atom. The summed E-state index contributed by atoms with van der Waals surface area (Å²) >= 11 is 0. The van der Waals surface area contributed by atoms with E-state index in [1.54, 1.807) is 6.07 Å². The van der Waals surface area contributed by atoms with Crippen molar-refractivity contribution in [2.24, 2.45) is 0 Å². The molecule has 0 saturated carbocycles. The van der Waals surface area contributed by atoms with Gasteiger partial charge in [-0.15, -0.1) is 0 Å². The molecule has 1 amide bonds. The molecule has 0 spiro atoms. The van der Waals surface area contributed by atoms with E-state index in [1.807, 2.05) is 19.9 Å². The molecule has 1 saturated heterocycles. The molecule has 1 aliphatic rings. The lowest BCUT2D eigenvalue weighted by molar-refractivity contribution is -0.141. The van der Waals surface area contributed by atoms with E-state index in [2.05, 4.69) is 35.5 Å². The third kappa shape index (κ3) is 5.83. The highest BCUT2D eigenvalue weighted by Crippen LogP contribution is 2.29. The van der Waals surface area contributed by atoms with Crippen molar-refractivity contribution in [3.8, 4) is 11.3 Å². The highest BCUT2D eigenvalue weighted by Gasteiger charge is 2.33. The first-order chi connectivity index (χ1) is 16.7. The van der Waals surface area contributed by atoms with Gasteiger partial charge >= 0.3 is 6.18 Å². The van der Waals surface area contributed by atoms with Gasteiger partial charge in [0.05, 0.1) is 30.8 Å². The van der Waals surface area contributed by atoms with Gasteiger partial charge < -0.3 is 20.3 Å². The van der Waals surface area contributed by atoms with Crippen LogP contribution < -0.4 is 15.5 Å². The van der Waals surface area contributed by atoms with E-state index in [-0.39, 0.29) is 5.56 Å². The molecular weight excluding hydrogens is 463 g/mol. The Labute approximate surface area is 199 Å². The van der Waals surface area contributed by atoms with Crippen LogP contribution in [0.15, 0.2) is 36.7 Å². The Hall–Kier alpha value is -3.80. The summed E-state index contributed by atoms with van der Waals surface area (Å²) < 4.78 is 44.3. The van der Waals surface area contributed by atoms with Crippen LogP contribution in [-0.4, -0.2) is 58.7 Å². The number of amides is 1. The Morgan fingerprint density at radius 2 is 1.91 bits per heavy atom. The number of halogens is 3. The highest BCUT2D eigenvalue weighted by molar-refractivity contribution is 6.04. The fourth-order valence-corrected chi connectivity index (χ4v) is 3.55. The number of morpholine rings is 1. The van der Waals surface area contributed by atoms with E-state index >= 15 is 0 Å². The van der Waals surface area contributed by atoms with Gasteiger partial charge in [-0.1, -0.05) is 0 Å². The van der Waals surface area contributed by atoms with Gasteiger partial charge in [0, 0.05) is 48.7 Å². The summed E-state index contributed by atoms with van der Waals surface area (Å²) in [6, 6.07) is 5.46. The van der Waals surface area contributed by atoms with Crippen LogP contribution in [0, 0.1) is 6.92 Å². The van der Waals surface area contributed by atoms with Gasteiger partial charge in [-0.05, 0) is 32.0 Å². The zero-order valence-electron chi connectivity index (χ0n) is 19.2. The number of ether oxygens (including phenoxy) is 1. The first kappa shape index (κ1) is 24.3. The first-order valence-electron chi connectivity index (χ1n) is 11.0. The van der Waals surface area contributed by atoms with Gasteiger partial charge in [0.15, 0.2) is 0 Å². The van der Waals surface area contributed by atoms with Gasteiger partial charge in [0.25, 0.3) is 5.91 Å². The second kappa shape index (κ2) is 10.2. The van der Waals surface area contributed by atoms with Gasteiger partial charge in [0.1, 0.15) is 11.5 Å². The van der Waals surface area contributed by atoms with Crippen LogP contribution in [0.3, 0.4) is 0 Å². The Morgan fingerprint density at radius 1 is 1.14 bits per heavy atom. The third-order valence-corrected chi connectivity index (χ3v) is 5.32. The van der Waals surface area contributed by atoms with Gasteiger partial charge in [-0.2, -0.15) is 18.2 Å². The lowest BCUT2D eigenvalue weighted by Crippen LogP contribution is -2.37. The van der Waals surface area contributed by atoms with Crippen molar-refractivity contribution in [2.75, 3.05) is 48.4 Å². The number of aryl methyl sites for hydroxylation is 1. The molecule has 9 nitrogen and oxygen atoms in total. The highest BCUT2D eigenvalue weighted by atomic mass is 19.4. The monoisotopic (exact) mass is 487 g/mol. The lowest BCUT2D eigenvalue weighted by Gasteiger charge is -2.28. The summed E-state index contributed by atoms with van der Waals surface area (Å²) in [7, 11) is 0. The molecule has 0 aliphatic carbocycles. The Bertz CT molecular complexity index is 1210. The number of pyridine rings is 2. The van der Waals surface area contributed by atoms with E-state index in [4.69, 9.17) is 4.74 Å². The van der Waals surface area contributed by atoms with Crippen LogP contribution in [0.1, 0.15) is 28.7 Å². The van der Waals surface area contributed by atoms with E-state index < -0.39 is 17.8 Å². The molecule has 3 aromatic rings. The maximum atomic E-state index is 13.0. The number of rotatable bonds is 6. The van der Waals surface area contributed by atoms with Gasteiger partial charge in [0.2, 0.25) is 5.95 Å². The number of hydrogen-bond donors (Lipinski definition) is 2. The average molecular weight is 487 g/mol. The molecule has 0 aromatic carbocycles. The molecule has 1 aliphatic heterocycles. The predicted octanol–water partition coefficient (Wildman–Crippen LogP) is 3.78. The van der Waals surface area contributed by atoms with E-state index in [0.29, 0.717) is 67.5 Å². The molecule has 184 valence electrons. The summed E-state index contributed by atoms with van der Waals surface area (Å²) in [5, 5.41) is 5.74. The standard InChI is InChI=1S/C23H24F3N7O2/c1-3-27-22-31-18(12-20(32-22)33-6-8-35-9-7-33)17-11-16(13-29-14(17)2)30-21(34)15-4-5-28-19(10-15)23(24,25)26/h4-5,10-13H,3,6-9H2,1-2H3,(H,30,34)(H,27,31,32). The second-order valence-corrected chi connectivity index (χ2v) is 7.80. The van der Waals surface area contributed by atoms with Crippen LogP contribution in [0.4, 0.5) is 30.6 Å². The molecule has 0 unspecified atom stereocenters. The number of carbonyl (C=O) groups excluding carboxylic acids is 1. The zero-order valence-corrected chi connectivity index (χ0v) is 19.2. The molecule has 0 atom stereocenters. The average Bonchev–Trinajstić information content (AvgIpc) is 2.85. The van der Waals surface area contributed by atoms with Crippen LogP contribution in [0.5, 0.6) is 0 Å². The van der Waals surface area contributed by atoms with Gasteiger partial charge in [-0.25, -0.2) is 4.98 Å². The molecule has 0 radical (unpaired) electrons. The van der Waals surface area contributed by atoms with Crippen molar-refractivity contribution in [2.45, 2.75) is 20.0 Å². The Balaban J connectivity index is 1.64. The van der Waals surface area contributed by atoms with Crippen molar-refractivity contribution in [1.82, 2.24) is 19.9 Å². The summed E-state index contributed by atoms with van der Waals surface area (Å²) in [6.07, 6.45) is -2.25. The third-order valence-electron chi connectivity index (χ3n) is 5.32. The number of aromatic nitrogens is 4. The molecule has 3 aromatic heterocycles. The van der Waals surface area contributed by atoms with E-state index in [0.717, 1.165) is 12.0 Å². The summed E-state index contributed by atoms with van der Waals surface area (Å²) in [5.41, 5.74) is 0.935. The SMILES string of the molecule is CCNc1nc(-c2cc(NC(=O)c3ccnc(C(F)(F)F)c3)cnc2C)cc(N2CCOCC2)n1. The van der Waals surface area contributed by atoms with Crippen LogP contribution in [-0.2, 0) is 10.9 Å². The normalized spacial score (nSPS) is 14.0. The fourth-order valence-electron chi connectivity index (χ4n) is 3.55. The van der Waals surface area contributed by atoms with Gasteiger partial charge in [-0.3, -0.25) is 14.8 Å². The maximum Gasteiger partial charge on any atom is 0.433 e. The quantitative estimate of drug-likeness (QED) is 0.541. The molecule has 0 bridgehead atoms. The minimum atomic E-state index is -4.65. The molecule has 4 rings (SSSR count). The first-order valence-corrected chi connectivity index (χ1v) is 11.0. The number of nitrogens with one attached hydrogen (secondary N) is 2. The van der Waals surface area contributed by atoms with Crippen molar-refractivity contribution < 1.29 is 22.7 Å². The summed E-state index contributed by atoms with van der Waals surface area (Å²) in [6.45, 7) is 6.97. The molecule has 2 N–H and O–H groups in total. The number of hydrogen-bond acceptors (Lipinski definition) is 8. The van der Waals surface area contributed by atoms with Crippen molar-refractivity contribution in [3.05, 3.63) is 53.6 Å². The maximum absolute atomic E-state index is 13.0. The largest absolute Gasteiger partial charge is 0.433 e. The molecule has 1 fully saturated rings. The topological polar surface area (TPSA) is 105 Å². The number of nitrogens with zero attached hydrogens (tertiary/aromatic N) is 5. The second-order valence-electron chi connectivity index (χ2n) is 7.80. The smallest absolute Gasteiger partial charge is 0.378 e. The molecule has 12 heteroatoms. The summed E-state index contributed by atoms with van der Waals surface area (Å²) in [5.74, 6) is 0.482. The van der Waals surface area contributed by atoms with Crippen molar-refractivity contribution >= 4 is 23.4 Å². The fraction of sp³-hybridized carbons (Fsp3) is 0.348. The molecular formula is C23H24F3N7O2. The zero-order chi connectivity index (χ0) is 25.0. The number of carbonyl (C=O) groups is 1. The lowest BCUT2D eigenvalue weighted by atomic mass is 10.1. The van der Waals surface area contributed by atoms with E-state index in [1.165, 1.54) is 12.3 Å². The predicted molar refractivity (Wildman–Crippen MR) is 124 cm³/mol. The van der Waals surface area contributed by atoms with Crippen LogP contribution in [0.25, 0.3) is 11.3 Å². The van der Waals surface area contributed by atoms with E-state index in [9.17, 15) is 18.0 Å². The minimum Gasteiger partial charge on any atom is -0.378 e. The van der Waals surface area contributed by atoms with Crippen LogP contribution in [0.2, 0.25) is 0 Å².